The highest BCUT2D eigenvalue weighted by Crippen LogP contribution is 2.21. The fourth-order valence-electron chi connectivity index (χ4n) is 3.22. The molecule has 0 unspecified atom stereocenters. The zero-order valence-corrected chi connectivity index (χ0v) is 21.3. The molecule has 0 spiro atoms. The molecule has 0 aliphatic heterocycles. The van der Waals surface area contributed by atoms with Crippen LogP contribution in [0.1, 0.15) is 40.0 Å². The molecule has 0 amide bonds. The van der Waals surface area contributed by atoms with Gasteiger partial charge in [0.1, 0.15) is 0 Å². The van der Waals surface area contributed by atoms with Crippen molar-refractivity contribution in [2.24, 2.45) is 0 Å². The molecule has 4 heteroatoms. The summed E-state index contributed by atoms with van der Waals surface area (Å²) in [6.07, 6.45) is 2.51. The SMILES string of the molecule is O=C(CC(=O)c1ccccc1)c1ccccc1.c1ccc(SCCCCSc2ccccc2)cc1. The first-order valence-corrected chi connectivity index (χ1v) is 13.7. The number of ketones is 2. The standard InChI is InChI=1S/C16H18S2.C15H12O2/c1-3-9-15(10-4-1)17-13-7-8-14-18-16-11-5-2-6-12-16;16-14(12-7-3-1-4-8-12)11-15(17)13-9-5-2-6-10-13/h1-6,9-12H,7-8,13-14H2;1-10H,11H2. The molecule has 0 heterocycles. The van der Waals surface area contributed by atoms with Crippen LogP contribution in [0.25, 0.3) is 0 Å². The number of carbonyl (C=O) groups is 2. The van der Waals surface area contributed by atoms with Gasteiger partial charge in [0, 0.05) is 20.9 Å². The molecule has 0 saturated carbocycles. The Morgan fingerprint density at radius 3 is 1.11 bits per heavy atom. The van der Waals surface area contributed by atoms with Crippen LogP contribution in [0.3, 0.4) is 0 Å². The molecule has 0 aliphatic carbocycles. The third-order valence-electron chi connectivity index (χ3n) is 5.08. The van der Waals surface area contributed by atoms with Crippen molar-refractivity contribution in [3.05, 3.63) is 132 Å². The zero-order chi connectivity index (χ0) is 24.6. The second kappa shape index (κ2) is 15.8. The van der Waals surface area contributed by atoms with Gasteiger partial charge in [0.05, 0.1) is 6.42 Å². The van der Waals surface area contributed by atoms with Crippen molar-refractivity contribution in [3.63, 3.8) is 0 Å². The van der Waals surface area contributed by atoms with Crippen molar-refractivity contribution < 1.29 is 9.59 Å². The lowest BCUT2D eigenvalue weighted by atomic mass is 10.0. The van der Waals surface area contributed by atoms with E-state index >= 15 is 0 Å². The average Bonchev–Trinajstić information content (AvgIpc) is 2.93. The maximum absolute atomic E-state index is 11.8. The molecule has 0 aliphatic rings. The quantitative estimate of drug-likeness (QED) is 0.0898. The van der Waals surface area contributed by atoms with Gasteiger partial charge in [0.25, 0.3) is 0 Å². The Bertz CT molecular complexity index is 1040. The second-order valence-electron chi connectivity index (χ2n) is 7.79. The van der Waals surface area contributed by atoms with Crippen molar-refractivity contribution in [2.45, 2.75) is 29.1 Å². The summed E-state index contributed by atoms with van der Waals surface area (Å²) >= 11 is 3.91. The molecule has 2 nitrogen and oxygen atoms in total. The monoisotopic (exact) mass is 498 g/mol. The van der Waals surface area contributed by atoms with Gasteiger partial charge in [0.2, 0.25) is 0 Å². The molecule has 4 aromatic carbocycles. The Morgan fingerprint density at radius 2 is 0.771 bits per heavy atom. The van der Waals surface area contributed by atoms with Crippen LogP contribution < -0.4 is 0 Å². The minimum atomic E-state index is -0.139. The molecule has 0 aromatic heterocycles. The summed E-state index contributed by atoms with van der Waals surface area (Å²) in [6, 6.07) is 39.0. The van der Waals surface area contributed by atoms with E-state index in [9.17, 15) is 9.59 Å². The average molecular weight is 499 g/mol. The van der Waals surface area contributed by atoms with E-state index in [1.807, 2.05) is 35.7 Å². The van der Waals surface area contributed by atoms with Crippen molar-refractivity contribution in [2.75, 3.05) is 11.5 Å². The normalized spacial score (nSPS) is 10.2. The first-order chi connectivity index (χ1) is 17.2. The molecule has 35 heavy (non-hydrogen) atoms. The molecule has 0 radical (unpaired) electrons. The maximum Gasteiger partial charge on any atom is 0.170 e. The number of Topliss-reactive ketones (excluding diaryl/α,β-unsaturated/α-hetero) is 2. The molecule has 4 rings (SSSR count). The van der Waals surface area contributed by atoms with Crippen LogP contribution >= 0.6 is 23.5 Å². The van der Waals surface area contributed by atoms with Crippen molar-refractivity contribution in [1.82, 2.24) is 0 Å². The van der Waals surface area contributed by atoms with Gasteiger partial charge in [0.15, 0.2) is 11.6 Å². The maximum atomic E-state index is 11.8. The summed E-state index contributed by atoms with van der Waals surface area (Å²) in [7, 11) is 0. The number of hydrogen-bond donors (Lipinski definition) is 0. The Kier molecular flexibility index (Phi) is 11.9. The van der Waals surface area contributed by atoms with Gasteiger partial charge in [-0.15, -0.1) is 23.5 Å². The second-order valence-corrected chi connectivity index (χ2v) is 10.1. The summed E-state index contributed by atoms with van der Waals surface area (Å²) in [5.41, 5.74) is 1.16. The first kappa shape index (κ1) is 26.5. The third-order valence-corrected chi connectivity index (χ3v) is 7.27. The lowest BCUT2D eigenvalue weighted by Crippen LogP contribution is -2.08. The summed E-state index contributed by atoms with van der Waals surface area (Å²) in [4.78, 5) is 26.4. The van der Waals surface area contributed by atoms with Gasteiger partial charge in [-0.1, -0.05) is 97.1 Å². The highest BCUT2D eigenvalue weighted by molar-refractivity contribution is 7.99. The van der Waals surface area contributed by atoms with E-state index in [4.69, 9.17) is 0 Å². The predicted octanol–water partition coefficient (Wildman–Crippen LogP) is 8.49. The van der Waals surface area contributed by atoms with Crippen LogP contribution in [0.2, 0.25) is 0 Å². The van der Waals surface area contributed by atoms with Gasteiger partial charge in [-0.3, -0.25) is 9.59 Å². The molecule has 0 atom stereocenters. The third kappa shape index (κ3) is 10.4. The van der Waals surface area contributed by atoms with E-state index in [2.05, 4.69) is 60.7 Å². The summed E-state index contributed by atoms with van der Waals surface area (Å²) in [5.74, 6) is 2.16. The Labute approximate surface area is 217 Å². The largest absolute Gasteiger partial charge is 0.294 e. The first-order valence-electron chi connectivity index (χ1n) is 11.7. The van der Waals surface area contributed by atoms with Crippen LogP contribution in [0.5, 0.6) is 0 Å². The van der Waals surface area contributed by atoms with Crippen LogP contribution in [-0.4, -0.2) is 23.1 Å². The number of rotatable bonds is 11. The fraction of sp³-hybridized carbons (Fsp3) is 0.161. The smallest absolute Gasteiger partial charge is 0.170 e. The van der Waals surface area contributed by atoms with Gasteiger partial charge in [-0.25, -0.2) is 0 Å². The van der Waals surface area contributed by atoms with Crippen LogP contribution in [0, 0.1) is 0 Å². The fourth-order valence-corrected chi connectivity index (χ4v) is 5.08. The highest BCUT2D eigenvalue weighted by atomic mass is 32.2. The van der Waals surface area contributed by atoms with Crippen molar-refractivity contribution in [1.29, 1.82) is 0 Å². The molecular weight excluding hydrogens is 468 g/mol. The van der Waals surface area contributed by atoms with Gasteiger partial charge in [-0.2, -0.15) is 0 Å². The summed E-state index contributed by atoms with van der Waals surface area (Å²) in [5, 5.41) is 0. The minimum absolute atomic E-state index is 0.0754. The van der Waals surface area contributed by atoms with E-state index in [0.717, 1.165) is 0 Å². The van der Waals surface area contributed by atoms with E-state index in [1.165, 1.54) is 34.1 Å². The minimum Gasteiger partial charge on any atom is -0.294 e. The lowest BCUT2D eigenvalue weighted by molar-refractivity contribution is 0.0894. The summed E-state index contributed by atoms with van der Waals surface area (Å²) < 4.78 is 0. The zero-order valence-electron chi connectivity index (χ0n) is 19.7. The van der Waals surface area contributed by atoms with Crippen LogP contribution in [0.15, 0.2) is 131 Å². The predicted molar refractivity (Wildman–Crippen MR) is 150 cm³/mol. The molecule has 4 aromatic rings. The topological polar surface area (TPSA) is 34.1 Å². The van der Waals surface area contributed by atoms with E-state index < -0.39 is 0 Å². The molecule has 0 saturated heterocycles. The van der Waals surface area contributed by atoms with Crippen molar-refractivity contribution in [3.8, 4) is 0 Å². The number of hydrogen-bond acceptors (Lipinski definition) is 4. The number of thioether (sulfide) groups is 2. The van der Waals surface area contributed by atoms with Crippen LogP contribution in [0.4, 0.5) is 0 Å². The summed E-state index contributed by atoms with van der Waals surface area (Å²) in [6.45, 7) is 0. The van der Waals surface area contributed by atoms with Gasteiger partial charge >= 0.3 is 0 Å². The van der Waals surface area contributed by atoms with Crippen molar-refractivity contribution >= 4 is 35.1 Å². The number of benzene rings is 4. The molecule has 0 bridgehead atoms. The van der Waals surface area contributed by atoms with E-state index in [0.29, 0.717) is 11.1 Å². The highest BCUT2D eigenvalue weighted by Gasteiger charge is 2.12. The molecular formula is C31H30O2S2. The Morgan fingerprint density at radius 1 is 0.457 bits per heavy atom. The Balaban J connectivity index is 0.000000196. The lowest BCUT2D eigenvalue weighted by Gasteiger charge is -2.02. The van der Waals surface area contributed by atoms with Gasteiger partial charge < -0.3 is 0 Å². The van der Waals surface area contributed by atoms with Gasteiger partial charge in [-0.05, 0) is 48.6 Å². The van der Waals surface area contributed by atoms with Crippen LogP contribution in [-0.2, 0) is 0 Å². The molecule has 0 N–H and O–H groups in total. The number of unbranched alkanes of at least 4 members (excludes halogenated alkanes) is 1. The molecule has 0 fully saturated rings. The molecule has 178 valence electrons. The number of carbonyl (C=O) groups excluding carboxylic acids is 2. The van der Waals surface area contributed by atoms with E-state index in [1.54, 1.807) is 48.5 Å². The van der Waals surface area contributed by atoms with E-state index in [-0.39, 0.29) is 18.0 Å². The Hall–Kier alpha value is -3.08.